The minimum absolute atomic E-state index is 0.0174. The third-order valence-electron chi connectivity index (χ3n) is 8.35. The van der Waals surface area contributed by atoms with Gasteiger partial charge in [0.05, 0.1) is 16.3 Å². The van der Waals surface area contributed by atoms with E-state index in [-0.39, 0.29) is 47.3 Å². The predicted octanol–water partition coefficient (Wildman–Crippen LogP) is 4.31. The van der Waals surface area contributed by atoms with Crippen LogP contribution in [0.3, 0.4) is 0 Å². The van der Waals surface area contributed by atoms with Crippen LogP contribution in [-0.2, 0) is 9.59 Å². The summed E-state index contributed by atoms with van der Waals surface area (Å²) >= 11 is 1.49. The highest BCUT2D eigenvalue weighted by Gasteiger charge is 2.52. The van der Waals surface area contributed by atoms with Crippen LogP contribution in [0.2, 0.25) is 0 Å². The maximum atomic E-state index is 13.7. The molecule has 1 saturated carbocycles. The van der Waals surface area contributed by atoms with Gasteiger partial charge in [0.1, 0.15) is 11.5 Å². The molecule has 214 valence electrons. The minimum atomic E-state index is -0.235. The molecule has 4 aliphatic rings. The molecule has 0 radical (unpaired) electrons. The van der Waals surface area contributed by atoms with Gasteiger partial charge in [0.2, 0.25) is 5.91 Å². The summed E-state index contributed by atoms with van der Waals surface area (Å²) in [5, 5.41) is 12.8. The molecule has 0 aromatic heterocycles. The summed E-state index contributed by atoms with van der Waals surface area (Å²) < 4.78 is 6.00. The van der Waals surface area contributed by atoms with Crippen LogP contribution >= 0.6 is 11.8 Å². The number of hydrogen-bond acceptors (Lipinski definition) is 6. The lowest BCUT2D eigenvalue weighted by Crippen LogP contribution is -2.62. The van der Waals surface area contributed by atoms with Crippen LogP contribution in [0, 0.1) is 12.8 Å². The summed E-state index contributed by atoms with van der Waals surface area (Å²) in [5.41, 5.74) is 2.46. The van der Waals surface area contributed by atoms with E-state index in [1.807, 2.05) is 60.4 Å². The van der Waals surface area contributed by atoms with E-state index in [0.717, 1.165) is 55.6 Å². The van der Waals surface area contributed by atoms with E-state index in [2.05, 4.69) is 27.8 Å². The van der Waals surface area contributed by atoms with Crippen LogP contribution < -0.4 is 30.9 Å². The molecule has 0 bridgehead atoms. The summed E-state index contributed by atoms with van der Waals surface area (Å²) in [6.07, 6.45) is 5.61. The third-order valence-corrected chi connectivity index (χ3v) is 9.70. The first-order valence-electron chi connectivity index (χ1n) is 14.2. The van der Waals surface area contributed by atoms with Crippen molar-refractivity contribution >= 4 is 35.3 Å². The van der Waals surface area contributed by atoms with Crippen molar-refractivity contribution < 1.29 is 19.1 Å². The van der Waals surface area contributed by atoms with Gasteiger partial charge in [-0.3, -0.25) is 14.5 Å². The van der Waals surface area contributed by atoms with Gasteiger partial charge in [-0.1, -0.05) is 49.4 Å². The highest BCUT2D eigenvalue weighted by Crippen LogP contribution is 2.48. The normalized spacial score (nSPS) is 27.0. The quantitative estimate of drug-likeness (QED) is 0.368. The number of carbonyl (C=O) groups excluding carboxylic acids is 3. The van der Waals surface area contributed by atoms with Crippen molar-refractivity contribution in [3.63, 3.8) is 0 Å². The van der Waals surface area contributed by atoms with Gasteiger partial charge in [-0.15, -0.1) is 0 Å². The molecule has 4 N–H and O–H groups in total. The molecular weight excluding hydrogens is 538 g/mol. The number of urea groups is 1. The van der Waals surface area contributed by atoms with Crippen LogP contribution in [0.25, 0.3) is 0 Å². The number of para-hydroxylation sites is 1. The lowest BCUT2D eigenvalue weighted by molar-refractivity contribution is -0.120. The van der Waals surface area contributed by atoms with E-state index in [4.69, 9.17) is 4.74 Å². The van der Waals surface area contributed by atoms with Crippen molar-refractivity contribution in [1.29, 1.82) is 0 Å². The number of ether oxygens (including phenoxy) is 1. The second kappa shape index (κ2) is 11.6. The Labute approximate surface area is 244 Å². The molecule has 2 aromatic rings. The van der Waals surface area contributed by atoms with Crippen LogP contribution in [0.5, 0.6) is 11.5 Å². The molecule has 0 spiro atoms. The zero-order chi connectivity index (χ0) is 28.5. The van der Waals surface area contributed by atoms with Crippen molar-refractivity contribution in [2.75, 3.05) is 11.4 Å². The molecule has 2 saturated heterocycles. The average molecular weight is 574 g/mol. The third kappa shape index (κ3) is 5.46. The molecule has 41 heavy (non-hydrogen) atoms. The number of thioether (sulfide) groups is 1. The van der Waals surface area contributed by atoms with Crippen LogP contribution in [0.4, 0.5) is 10.5 Å². The molecule has 10 heteroatoms. The predicted molar refractivity (Wildman–Crippen MR) is 160 cm³/mol. The summed E-state index contributed by atoms with van der Waals surface area (Å²) in [7, 11) is 0. The van der Waals surface area contributed by atoms with Crippen LogP contribution in [-0.4, -0.2) is 47.9 Å². The van der Waals surface area contributed by atoms with Crippen molar-refractivity contribution in [2.45, 2.75) is 62.5 Å². The number of benzene rings is 2. The average Bonchev–Trinajstić information content (AvgIpc) is 3.35. The monoisotopic (exact) mass is 573 g/mol. The molecule has 4 amide bonds. The SMILES string of the molecule is C=CC(=O)N[C@@H]1CCCC[C@@H]1NC(=O)C1=C2NC(=O)N(c3ccc(Oc4ccccc4)cc3C)C3CCNC(S1)C23. The summed E-state index contributed by atoms with van der Waals surface area (Å²) in [6, 6.07) is 14.8. The smallest absolute Gasteiger partial charge is 0.326 e. The topological polar surface area (TPSA) is 112 Å². The largest absolute Gasteiger partial charge is 0.457 e. The molecule has 9 nitrogen and oxygen atoms in total. The minimum Gasteiger partial charge on any atom is -0.457 e. The summed E-state index contributed by atoms with van der Waals surface area (Å²) in [6.45, 7) is 6.28. The number of rotatable bonds is 7. The second-order valence-electron chi connectivity index (χ2n) is 11.0. The molecule has 3 unspecified atom stereocenters. The Morgan fingerprint density at radius 3 is 2.54 bits per heavy atom. The fraction of sp³-hybridized carbons (Fsp3) is 0.387. The van der Waals surface area contributed by atoms with Gasteiger partial charge in [0, 0.05) is 29.4 Å². The van der Waals surface area contributed by atoms with Crippen molar-refractivity contribution in [1.82, 2.24) is 21.3 Å². The number of amides is 4. The molecule has 3 aliphatic heterocycles. The van der Waals surface area contributed by atoms with E-state index in [9.17, 15) is 14.4 Å². The number of aryl methyl sites for hydroxylation is 1. The molecule has 5 atom stereocenters. The fourth-order valence-electron chi connectivity index (χ4n) is 6.44. The summed E-state index contributed by atoms with van der Waals surface area (Å²) in [5.74, 6) is 0.981. The van der Waals surface area contributed by atoms with E-state index in [0.29, 0.717) is 16.4 Å². The molecule has 1 aliphatic carbocycles. The highest BCUT2D eigenvalue weighted by atomic mass is 32.2. The maximum absolute atomic E-state index is 13.7. The van der Waals surface area contributed by atoms with Crippen molar-refractivity contribution in [3.05, 3.63) is 77.4 Å². The van der Waals surface area contributed by atoms with Gasteiger partial charge in [-0.2, -0.15) is 0 Å². The summed E-state index contributed by atoms with van der Waals surface area (Å²) in [4.78, 5) is 41.7. The number of anilines is 1. The first-order valence-corrected chi connectivity index (χ1v) is 15.1. The fourth-order valence-corrected chi connectivity index (χ4v) is 7.84. The standard InChI is InChI=1S/C31H35N5O4S/c1-3-25(37)33-21-11-7-8-12-22(21)34-29(38)28-27-26-24(15-16-32-30(26)41-28)36(31(39)35-27)23-14-13-20(17-18(23)2)40-19-9-5-4-6-10-19/h3-6,9-10,13-14,17,21-22,24,26,30,32H,1,7-8,11-12,15-16H2,2H3,(H,33,37)(H,34,38)(H,35,39)/t21-,22+,24?,26?,30?/m1/s1. The van der Waals surface area contributed by atoms with Gasteiger partial charge in [0.15, 0.2) is 0 Å². The first kappa shape index (κ1) is 27.4. The van der Waals surface area contributed by atoms with Gasteiger partial charge in [-0.25, -0.2) is 4.79 Å². The molecule has 3 fully saturated rings. The molecule has 6 rings (SSSR count). The molecule has 3 heterocycles. The molecular formula is C31H35N5O4S. The number of carbonyl (C=O) groups is 3. The number of nitrogens with one attached hydrogen (secondary N) is 4. The Hall–Kier alpha value is -3.76. The van der Waals surface area contributed by atoms with Crippen molar-refractivity contribution in [3.8, 4) is 11.5 Å². The lowest BCUT2D eigenvalue weighted by atomic mass is 9.86. The Kier molecular flexibility index (Phi) is 7.77. The number of hydrogen-bond donors (Lipinski definition) is 4. The van der Waals surface area contributed by atoms with Gasteiger partial charge >= 0.3 is 6.03 Å². The number of piperidine rings is 1. The maximum Gasteiger partial charge on any atom is 0.326 e. The highest BCUT2D eigenvalue weighted by molar-refractivity contribution is 8.04. The van der Waals surface area contributed by atoms with Crippen LogP contribution in [0.1, 0.15) is 37.7 Å². The van der Waals surface area contributed by atoms with Crippen molar-refractivity contribution in [2.24, 2.45) is 5.92 Å². The Bertz CT molecular complexity index is 1400. The van der Waals surface area contributed by atoms with E-state index >= 15 is 0 Å². The van der Waals surface area contributed by atoms with Crippen LogP contribution in [0.15, 0.2) is 71.8 Å². The number of nitrogens with zero attached hydrogens (tertiary/aromatic N) is 1. The van der Waals surface area contributed by atoms with Gasteiger partial charge in [-0.05, 0) is 74.7 Å². The van der Waals surface area contributed by atoms with Gasteiger partial charge in [0.25, 0.3) is 5.91 Å². The van der Waals surface area contributed by atoms with E-state index in [1.54, 1.807) is 0 Å². The lowest BCUT2D eigenvalue weighted by Gasteiger charge is -2.46. The zero-order valence-corrected chi connectivity index (χ0v) is 23.8. The van der Waals surface area contributed by atoms with E-state index in [1.165, 1.54) is 17.8 Å². The van der Waals surface area contributed by atoms with E-state index < -0.39 is 0 Å². The zero-order valence-electron chi connectivity index (χ0n) is 23.0. The molecule has 2 aromatic carbocycles. The second-order valence-corrected chi connectivity index (χ2v) is 12.1. The Balaban J connectivity index is 1.23. The van der Waals surface area contributed by atoms with Gasteiger partial charge < -0.3 is 26.0 Å². The first-order chi connectivity index (χ1) is 19.9. The Morgan fingerprint density at radius 1 is 1.05 bits per heavy atom. The Morgan fingerprint density at radius 2 is 1.80 bits per heavy atom.